The summed E-state index contributed by atoms with van der Waals surface area (Å²) in [5, 5.41) is 12.9. The first-order valence-electron chi connectivity index (χ1n) is 17.9. The summed E-state index contributed by atoms with van der Waals surface area (Å²) in [5.74, 6) is -1.76. The minimum absolute atomic E-state index is 0.0105. The van der Waals surface area contributed by atoms with Crippen molar-refractivity contribution in [2.45, 2.75) is 44.8 Å². The predicted octanol–water partition coefficient (Wildman–Crippen LogP) is 8.32. The fraction of sp³-hybridized carbons (Fsp3) is 0.268. The smallest absolute Gasteiger partial charge is 0.422 e. The molecule has 11 nitrogen and oxygen atoms in total. The second kappa shape index (κ2) is 17.2. The van der Waals surface area contributed by atoms with Gasteiger partial charge >= 0.3 is 12.2 Å². The van der Waals surface area contributed by atoms with Crippen LogP contribution in [0.4, 0.5) is 30.8 Å². The van der Waals surface area contributed by atoms with Crippen LogP contribution in [0.5, 0.6) is 6.01 Å². The zero-order chi connectivity index (χ0) is 40.8. The Bertz CT molecular complexity index is 2230. The lowest BCUT2D eigenvalue weighted by Gasteiger charge is -2.25. The van der Waals surface area contributed by atoms with E-state index < -0.39 is 41.4 Å². The van der Waals surface area contributed by atoms with Crippen LogP contribution in [-0.4, -0.2) is 58.4 Å². The minimum atomic E-state index is -4.61. The van der Waals surface area contributed by atoms with Gasteiger partial charge in [-0.3, -0.25) is 14.4 Å². The highest BCUT2D eigenvalue weighted by molar-refractivity contribution is 6.36. The molecule has 1 fully saturated rings. The Morgan fingerprint density at radius 1 is 0.772 bits per heavy atom. The van der Waals surface area contributed by atoms with Gasteiger partial charge in [0.15, 0.2) is 6.61 Å². The van der Waals surface area contributed by atoms with Crippen LogP contribution >= 0.6 is 23.2 Å². The Balaban J connectivity index is 1.02. The highest BCUT2D eigenvalue weighted by atomic mass is 35.5. The standard InChI is InChI=1S/C41H38Cl2F3N7O4/c1-39(2,23-48-35(56)33(54)21-25-4-3-5-28(20-25)26-6-12-30(42)13-7-26)22-47-34(55)27-8-16-32(17-9-27)49-36-50-37(52-38(51-36)57-24-41(44,45)46)53-40(18-19-40)29-10-14-31(43)15-11-29/h3-17,20H,18-19,21-24H2,1-2H3,(H,47,55)(H,48,56)(H2,49,50,51,52,53). The molecule has 1 aromatic heterocycles. The van der Waals surface area contributed by atoms with Gasteiger partial charge in [0.2, 0.25) is 17.7 Å². The van der Waals surface area contributed by atoms with Crippen LogP contribution in [0.15, 0.2) is 97.1 Å². The number of alkyl halides is 3. The number of anilines is 3. The van der Waals surface area contributed by atoms with E-state index in [1.807, 2.05) is 56.3 Å². The number of hydrogen-bond acceptors (Lipinski definition) is 9. The van der Waals surface area contributed by atoms with Crippen LogP contribution in [0, 0.1) is 5.41 Å². The Hall–Kier alpha value is -5.73. The maximum absolute atomic E-state index is 13.0. The van der Waals surface area contributed by atoms with Crippen LogP contribution in [0.1, 0.15) is 48.2 Å². The van der Waals surface area contributed by atoms with E-state index in [1.54, 1.807) is 54.6 Å². The number of nitrogens with one attached hydrogen (secondary N) is 4. The number of carbonyl (C=O) groups excluding carboxylic acids is 3. The van der Waals surface area contributed by atoms with Gasteiger partial charge in [0.1, 0.15) is 0 Å². The van der Waals surface area contributed by atoms with Gasteiger partial charge in [0.05, 0.1) is 5.54 Å². The normalized spacial score (nSPS) is 13.3. The first-order valence-corrected chi connectivity index (χ1v) is 18.6. The Morgan fingerprint density at radius 3 is 2.05 bits per heavy atom. The first kappa shape index (κ1) is 40.9. The summed E-state index contributed by atoms with van der Waals surface area (Å²) < 4.78 is 43.8. The molecule has 1 saturated carbocycles. The molecule has 0 saturated heterocycles. The molecule has 57 heavy (non-hydrogen) atoms. The van der Waals surface area contributed by atoms with Crippen LogP contribution in [0.3, 0.4) is 0 Å². The van der Waals surface area contributed by atoms with Crippen LogP contribution in [-0.2, 0) is 21.5 Å². The average molecular weight is 821 g/mol. The highest BCUT2D eigenvalue weighted by Crippen LogP contribution is 2.48. The van der Waals surface area contributed by atoms with Crippen LogP contribution < -0.4 is 26.0 Å². The van der Waals surface area contributed by atoms with Crippen molar-refractivity contribution in [1.29, 1.82) is 0 Å². The molecule has 0 unspecified atom stereocenters. The summed E-state index contributed by atoms with van der Waals surface area (Å²) in [7, 11) is 0. The van der Waals surface area contributed by atoms with E-state index in [1.165, 1.54) is 0 Å². The van der Waals surface area contributed by atoms with E-state index in [0.29, 0.717) is 26.9 Å². The third-order valence-corrected chi connectivity index (χ3v) is 9.56. The van der Waals surface area contributed by atoms with E-state index in [9.17, 15) is 27.6 Å². The quantitative estimate of drug-likeness (QED) is 0.0722. The molecule has 2 amide bonds. The molecular formula is C41H38Cl2F3N7O4. The molecule has 0 bridgehead atoms. The zero-order valence-electron chi connectivity index (χ0n) is 30.8. The molecule has 1 heterocycles. The van der Waals surface area contributed by atoms with Crippen LogP contribution in [0.25, 0.3) is 11.1 Å². The molecule has 0 aliphatic heterocycles. The lowest BCUT2D eigenvalue weighted by Crippen LogP contribution is -2.44. The van der Waals surface area contributed by atoms with Gasteiger partial charge in [-0.25, -0.2) is 0 Å². The average Bonchev–Trinajstić information content (AvgIpc) is 3.96. The summed E-state index contributed by atoms with van der Waals surface area (Å²) in [6.07, 6.45) is -3.21. The Labute approximate surface area is 336 Å². The van der Waals surface area contributed by atoms with E-state index in [-0.39, 0.29) is 37.3 Å². The predicted molar refractivity (Wildman–Crippen MR) is 212 cm³/mol. The molecule has 5 aromatic rings. The second-order valence-corrected chi connectivity index (χ2v) is 15.3. The summed E-state index contributed by atoms with van der Waals surface area (Å²) >= 11 is 12.0. The van der Waals surface area contributed by atoms with Gasteiger partial charge in [0.25, 0.3) is 11.8 Å². The van der Waals surface area contributed by atoms with Gasteiger partial charge in [-0.2, -0.15) is 28.1 Å². The number of amides is 2. The summed E-state index contributed by atoms with van der Waals surface area (Å²) in [4.78, 5) is 51.0. The molecule has 4 N–H and O–H groups in total. The number of rotatable bonds is 16. The van der Waals surface area contributed by atoms with Crippen molar-refractivity contribution in [3.05, 3.63) is 124 Å². The molecule has 0 spiro atoms. The van der Waals surface area contributed by atoms with Gasteiger partial charge in [0, 0.05) is 40.8 Å². The van der Waals surface area contributed by atoms with E-state index in [0.717, 1.165) is 29.5 Å². The number of nitrogens with zero attached hydrogens (tertiary/aromatic N) is 3. The molecule has 4 aromatic carbocycles. The fourth-order valence-electron chi connectivity index (χ4n) is 5.78. The Kier molecular flexibility index (Phi) is 12.3. The summed E-state index contributed by atoms with van der Waals surface area (Å²) in [5.41, 5.74) is 3.07. The molecule has 16 heteroatoms. The number of ether oxygens (including phenoxy) is 1. The lowest BCUT2D eigenvalue weighted by atomic mass is 9.93. The zero-order valence-corrected chi connectivity index (χ0v) is 32.4. The van der Waals surface area contributed by atoms with Gasteiger partial charge in [-0.15, -0.1) is 0 Å². The van der Waals surface area contributed by atoms with Crippen molar-refractivity contribution >= 4 is 58.4 Å². The Morgan fingerprint density at radius 2 is 1.40 bits per heavy atom. The number of ketones is 1. The molecule has 6 rings (SSSR count). The topological polar surface area (TPSA) is 147 Å². The maximum atomic E-state index is 13.0. The molecular weight excluding hydrogens is 782 g/mol. The number of halogens is 5. The van der Waals surface area contributed by atoms with E-state index in [2.05, 4.69) is 36.2 Å². The number of hydrogen-bond donors (Lipinski definition) is 4. The van der Waals surface area contributed by atoms with Crippen molar-refractivity contribution in [3.63, 3.8) is 0 Å². The number of aromatic nitrogens is 3. The molecule has 1 aliphatic carbocycles. The van der Waals surface area contributed by atoms with Crippen molar-refractivity contribution in [2.24, 2.45) is 5.41 Å². The SMILES string of the molecule is CC(C)(CNC(=O)C(=O)Cc1cccc(-c2ccc(Cl)cc2)c1)CNC(=O)c1ccc(Nc2nc(NC3(c4ccc(Cl)cc4)CC3)nc(OCC(F)(F)F)n2)cc1. The maximum Gasteiger partial charge on any atom is 0.422 e. The number of carbonyl (C=O) groups is 3. The summed E-state index contributed by atoms with van der Waals surface area (Å²) in [6.45, 7) is 2.40. The van der Waals surface area contributed by atoms with Gasteiger partial charge in [-0.1, -0.05) is 85.6 Å². The third kappa shape index (κ3) is 11.6. The van der Waals surface area contributed by atoms with E-state index in [4.69, 9.17) is 27.9 Å². The monoisotopic (exact) mass is 819 g/mol. The third-order valence-electron chi connectivity index (χ3n) is 9.06. The van der Waals surface area contributed by atoms with Gasteiger partial charge in [-0.05, 0) is 89.0 Å². The fourth-order valence-corrected chi connectivity index (χ4v) is 6.03. The lowest BCUT2D eigenvalue weighted by molar-refractivity contribution is -0.154. The van der Waals surface area contributed by atoms with E-state index >= 15 is 0 Å². The van der Waals surface area contributed by atoms with Crippen molar-refractivity contribution < 1.29 is 32.3 Å². The van der Waals surface area contributed by atoms with Crippen molar-refractivity contribution in [3.8, 4) is 17.1 Å². The number of benzene rings is 4. The van der Waals surface area contributed by atoms with Crippen molar-refractivity contribution in [1.82, 2.24) is 25.6 Å². The summed E-state index contributed by atoms with van der Waals surface area (Å²) in [6, 6.07) is 27.7. The van der Waals surface area contributed by atoms with Crippen molar-refractivity contribution in [2.75, 3.05) is 30.3 Å². The first-order chi connectivity index (χ1) is 27.0. The largest absolute Gasteiger partial charge is 0.454 e. The highest BCUT2D eigenvalue weighted by Gasteiger charge is 2.45. The molecule has 0 atom stereocenters. The van der Waals surface area contributed by atoms with Crippen LogP contribution in [0.2, 0.25) is 10.0 Å². The molecule has 296 valence electrons. The second-order valence-electron chi connectivity index (χ2n) is 14.4. The molecule has 1 aliphatic rings. The minimum Gasteiger partial charge on any atom is -0.454 e. The molecule has 0 radical (unpaired) electrons. The number of Topliss-reactive ketones (excluding diaryl/α,β-unsaturated/α-hetero) is 1. The van der Waals surface area contributed by atoms with Gasteiger partial charge < -0.3 is 26.0 Å².